The Morgan fingerprint density at radius 3 is 2.31 bits per heavy atom. The average Bonchev–Trinajstić information content (AvgIpc) is 2.67. The molecule has 26 heavy (non-hydrogen) atoms. The molecule has 0 aliphatic rings. The average molecular weight is 409 g/mol. The summed E-state index contributed by atoms with van der Waals surface area (Å²) in [6.07, 6.45) is 0. The quantitative estimate of drug-likeness (QED) is 0.646. The monoisotopic (exact) mass is 408 g/mol. The summed E-state index contributed by atoms with van der Waals surface area (Å²) in [7, 11) is 0. The van der Waals surface area contributed by atoms with Crippen molar-refractivity contribution in [3.63, 3.8) is 0 Å². The first-order valence-electron chi connectivity index (χ1n) is 8.11. The molecule has 0 saturated heterocycles. The summed E-state index contributed by atoms with van der Waals surface area (Å²) < 4.78 is 0.717. The van der Waals surface area contributed by atoms with Crippen LogP contribution in [0.4, 0.5) is 5.69 Å². The van der Waals surface area contributed by atoms with Crippen molar-refractivity contribution in [2.24, 2.45) is 0 Å². The van der Waals surface area contributed by atoms with Crippen molar-refractivity contribution in [2.75, 3.05) is 5.32 Å². The second-order valence-electron chi connectivity index (χ2n) is 5.68. The molecule has 2 amide bonds. The first-order chi connectivity index (χ1) is 12.6. The van der Waals surface area contributed by atoms with Crippen LogP contribution < -0.4 is 10.6 Å². The van der Waals surface area contributed by atoms with Gasteiger partial charge in [0.2, 0.25) is 0 Å². The van der Waals surface area contributed by atoms with Crippen molar-refractivity contribution in [2.45, 2.75) is 6.54 Å². The Hall–Kier alpha value is -2.92. The van der Waals surface area contributed by atoms with E-state index in [0.29, 0.717) is 27.8 Å². The van der Waals surface area contributed by atoms with Gasteiger partial charge in [-0.15, -0.1) is 0 Å². The molecule has 0 saturated carbocycles. The summed E-state index contributed by atoms with van der Waals surface area (Å²) in [5, 5.41) is 5.70. The van der Waals surface area contributed by atoms with Crippen LogP contribution in [0.25, 0.3) is 0 Å². The van der Waals surface area contributed by atoms with E-state index in [0.717, 1.165) is 5.56 Å². The second kappa shape index (κ2) is 8.45. The molecule has 0 atom stereocenters. The van der Waals surface area contributed by atoms with E-state index in [-0.39, 0.29) is 11.8 Å². The van der Waals surface area contributed by atoms with Gasteiger partial charge in [0.05, 0.1) is 5.56 Å². The van der Waals surface area contributed by atoms with Crippen LogP contribution in [0, 0.1) is 0 Å². The maximum Gasteiger partial charge on any atom is 0.256 e. The van der Waals surface area contributed by atoms with E-state index in [4.69, 9.17) is 0 Å². The summed E-state index contributed by atoms with van der Waals surface area (Å²) in [6.45, 7) is 0.452. The zero-order valence-electron chi connectivity index (χ0n) is 13.9. The molecule has 0 aliphatic heterocycles. The first-order valence-corrected chi connectivity index (χ1v) is 8.91. The second-order valence-corrected chi connectivity index (χ2v) is 6.54. The van der Waals surface area contributed by atoms with Crippen molar-refractivity contribution in [3.05, 3.63) is 100 Å². The van der Waals surface area contributed by atoms with Gasteiger partial charge in [-0.1, -0.05) is 48.5 Å². The van der Waals surface area contributed by atoms with Crippen molar-refractivity contribution >= 4 is 33.4 Å². The molecule has 3 aromatic carbocycles. The molecule has 4 nitrogen and oxygen atoms in total. The fraction of sp³-hybridized carbons (Fsp3) is 0.0476. The van der Waals surface area contributed by atoms with Crippen LogP contribution >= 0.6 is 15.9 Å². The molecule has 3 rings (SSSR count). The van der Waals surface area contributed by atoms with Gasteiger partial charge >= 0.3 is 0 Å². The Labute approximate surface area is 160 Å². The van der Waals surface area contributed by atoms with Gasteiger partial charge in [0, 0.05) is 22.3 Å². The number of hydrogen-bond donors (Lipinski definition) is 2. The van der Waals surface area contributed by atoms with E-state index >= 15 is 0 Å². The molecule has 130 valence electrons. The Balaban J connectivity index is 1.67. The standard InChI is InChI=1S/C21H17BrN2O2/c22-19-12-5-4-11-18(19)21(26)24-17-10-6-9-16(13-17)20(25)23-14-15-7-2-1-3-8-15/h1-13H,14H2,(H,23,25)(H,24,26). The molecule has 0 aromatic heterocycles. The molecular formula is C21H17BrN2O2. The van der Waals surface area contributed by atoms with E-state index in [1.165, 1.54) is 0 Å². The molecule has 0 fully saturated rings. The molecule has 0 spiro atoms. The highest BCUT2D eigenvalue weighted by molar-refractivity contribution is 9.10. The molecule has 3 aromatic rings. The summed E-state index contributed by atoms with van der Waals surface area (Å²) >= 11 is 3.37. The highest BCUT2D eigenvalue weighted by Gasteiger charge is 2.11. The summed E-state index contributed by atoms with van der Waals surface area (Å²) in [4.78, 5) is 24.7. The maximum absolute atomic E-state index is 12.4. The van der Waals surface area contributed by atoms with Crippen LogP contribution in [-0.2, 0) is 6.54 Å². The number of benzene rings is 3. The molecule has 5 heteroatoms. The van der Waals surface area contributed by atoms with Crippen molar-refractivity contribution in [1.82, 2.24) is 5.32 Å². The lowest BCUT2D eigenvalue weighted by Crippen LogP contribution is -2.23. The normalized spacial score (nSPS) is 10.2. The number of halogens is 1. The van der Waals surface area contributed by atoms with Gasteiger partial charge in [0.15, 0.2) is 0 Å². The fourth-order valence-corrected chi connectivity index (χ4v) is 2.93. The Morgan fingerprint density at radius 2 is 1.54 bits per heavy atom. The Kier molecular flexibility index (Phi) is 5.81. The minimum absolute atomic E-state index is 0.189. The maximum atomic E-state index is 12.4. The number of anilines is 1. The Morgan fingerprint density at radius 1 is 0.808 bits per heavy atom. The lowest BCUT2D eigenvalue weighted by Gasteiger charge is -2.09. The minimum Gasteiger partial charge on any atom is -0.348 e. The van der Waals surface area contributed by atoms with Crippen LogP contribution in [0.15, 0.2) is 83.3 Å². The zero-order chi connectivity index (χ0) is 18.4. The summed E-state index contributed by atoms with van der Waals surface area (Å²) in [6, 6.07) is 23.8. The third-order valence-electron chi connectivity index (χ3n) is 3.80. The van der Waals surface area contributed by atoms with Crippen LogP contribution in [0.3, 0.4) is 0 Å². The van der Waals surface area contributed by atoms with Gasteiger partial charge < -0.3 is 10.6 Å². The number of hydrogen-bond acceptors (Lipinski definition) is 2. The topological polar surface area (TPSA) is 58.2 Å². The molecule has 0 aliphatic carbocycles. The predicted molar refractivity (Wildman–Crippen MR) is 106 cm³/mol. The number of carbonyl (C=O) groups is 2. The van der Waals surface area contributed by atoms with Crippen LogP contribution in [0.5, 0.6) is 0 Å². The summed E-state index contributed by atoms with van der Waals surface area (Å²) in [5.74, 6) is -0.426. The Bertz CT molecular complexity index is 926. The molecule has 2 N–H and O–H groups in total. The van der Waals surface area contributed by atoms with Crippen LogP contribution in [0.1, 0.15) is 26.3 Å². The molecular weight excluding hydrogens is 392 g/mol. The van der Waals surface area contributed by atoms with Gasteiger partial charge in [-0.05, 0) is 51.8 Å². The van der Waals surface area contributed by atoms with Crippen molar-refractivity contribution < 1.29 is 9.59 Å². The smallest absolute Gasteiger partial charge is 0.256 e. The largest absolute Gasteiger partial charge is 0.348 e. The van der Waals surface area contributed by atoms with Crippen LogP contribution in [-0.4, -0.2) is 11.8 Å². The van der Waals surface area contributed by atoms with E-state index in [9.17, 15) is 9.59 Å². The van der Waals surface area contributed by atoms with Crippen molar-refractivity contribution in [3.8, 4) is 0 Å². The van der Waals surface area contributed by atoms with Gasteiger partial charge in [-0.25, -0.2) is 0 Å². The molecule has 0 bridgehead atoms. The van der Waals surface area contributed by atoms with E-state index in [2.05, 4.69) is 26.6 Å². The lowest BCUT2D eigenvalue weighted by atomic mass is 10.1. The van der Waals surface area contributed by atoms with E-state index in [1.54, 1.807) is 36.4 Å². The summed E-state index contributed by atoms with van der Waals surface area (Å²) in [5.41, 5.74) is 2.62. The van der Waals surface area contributed by atoms with E-state index in [1.807, 2.05) is 42.5 Å². The van der Waals surface area contributed by atoms with Gasteiger partial charge in [0.25, 0.3) is 11.8 Å². The number of amides is 2. The number of carbonyl (C=O) groups excluding carboxylic acids is 2. The van der Waals surface area contributed by atoms with E-state index < -0.39 is 0 Å². The van der Waals surface area contributed by atoms with Gasteiger partial charge in [-0.3, -0.25) is 9.59 Å². The third-order valence-corrected chi connectivity index (χ3v) is 4.49. The number of nitrogens with one attached hydrogen (secondary N) is 2. The van der Waals surface area contributed by atoms with Crippen LogP contribution in [0.2, 0.25) is 0 Å². The highest BCUT2D eigenvalue weighted by atomic mass is 79.9. The predicted octanol–water partition coefficient (Wildman–Crippen LogP) is 4.63. The highest BCUT2D eigenvalue weighted by Crippen LogP contribution is 2.18. The molecule has 0 heterocycles. The number of rotatable bonds is 5. The minimum atomic E-state index is -0.237. The molecule has 0 unspecified atom stereocenters. The lowest BCUT2D eigenvalue weighted by molar-refractivity contribution is 0.0949. The van der Waals surface area contributed by atoms with Gasteiger partial charge in [-0.2, -0.15) is 0 Å². The fourth-order valence-electron chi connectivity index (χ4n) is 2.46. The van der Waals surface area contributed by atoms with Crippen molar-refractivity contribution in [1.29, 1.82) is 0 Å². The zero-order valence-corrected chi connectivity index (χ0v) is 15.5. The first kappa shape index (κ1) is 17.9. The van der Waals surface area contributed by atoms with Gasteiger partial charge in [0.1, 0.15) is 0 Å². The molecule has 0 radical (unpaired) electrons. The SMILES string of the molecule is O=C(NCc1ccccc1)c1cccc(NC(=O)c2ccccc2Br)c1. The third kappa shape index (κ3) is 4.58.